The third kappa shape index (κ3) is 4.39. The summed E-state index contributed by atoms with van der Waals surface area (Å²) in [5.41, 5.74) is 2.25. The minimum absolute atomic E-state index is 0.0472. The lowest BCUT2D eigenvalue weighted by molar-refractivity contribution is 0.262. The van der Waals surface area contributed by atoms with E-state index in [0.717, 1.165) is 21.1 Å². The first-order chi connectivity index (χ1) is 12.8. The van der Waals surface area contributed by atoms with Gasteiger partial charge in [-0.25, -0.2) is 4.79 Å². The topological polar surface area (TPSA) is 63.1 Å². The van der Waals surface area contributed by atoms with Crippen molar-refractivity contribution in [2.75, 3.05) is 10.6 Å². The lowest BCUT2D eigenvalue weighted by atomic mass is 10.1. The molecule has 0 saturated heterocycles. The van der Waals surface area contributed by atoms with E-state index in [9.17, 15) is 9.59 Å². The van der Waals surface area contributed by atoms with Crippen LogP contribution in [0.5, 0.6) is 0 Å². The van der Waals surface area contributed by atoms with Gasteiger partial charge in [0, 0.05) is 33.7 Å². The van der Waals surface area contributed by atoms with E-state index < -0.39 is 0 Å². The Morgan fingerprint density at radius 1 is 1.07 bits per heavy atom. The Kier molecular flexibility index (Phi) is 5.65. The highest BCUT2D eigenvalue weighted by Crippen LogP contribution is 2.23. The minimum atomic E-state index is -0.347. The zero-order valence-corrected chi connectivity index (χ0v) is 17.1. The molecule has 1 heterocycles. The number of carbonyl (C=O) groups excluding carboxylic acids is 1. The third-order valence-electron chi connectivity index (χ3n) is 4.24. The molecule has 3 aromatic rings. The highest BCUT2D eigenvalue weighted by molar-refractivity contribution is 9.10. The van der Waals surface area contributed by atoms with Crippen molar-refractivity contribution in [3.05, 3.63) is 69.1 Å². The minimum Gasteiger partial charge on any atom is -0.313 e. The predicted molar refractivity (Wildman–Crippen MR) is 115 cm³/mol. The van der Waals surface area contributed by atoms with Gasteiger partial charge in [0.15, 0.2) is 0 Å². The monoisotopic (exact) mass is 427 g/mol. The Hall–Kier alpha value is -2.60. The highest BCUT2D eigenvalue weighted by atomic mass is 79.9. The number of anilines is 2. The Bertz CT molecular complexity index is 1060. The summed E-state index contributed by atoms with van der Waals surface area (Å²) in [6, 6.07) is 12.6. The Morgan fingerprint density at radius 3 is 2.41 bits per heavy atom. The number of benzene rings is 2. The summed E-state index contributed by atoms with van der Waals surface area (Å²) in [5.74, 6) is 0.316. The van der Waals surface area contributed by atoms with Crippen LogP contribution in [0.15, 0.2) is 57.9 Å². The Labute approximate surface area is 166 Å². The number of nitrogens with one attached hydrogen (secondary N) is 2. The van der Waals surface area contributed by atoms with Crippen LogP contribution in [-0.2, 0) is 6.54 Å². The van der Waals surface area contributed by atoms with Crippen molar-refractivity contribution in [3.63, 3.8) is 0 Å². The average molecular weight is 428 g/mol. The zero-order valence-electron chi connectivity index (χ0n) is 15.5. The molecular weight excluding hydrogens is 406 g/mol. The number of pyridine rings is 1. The number of nitrogens with zero attached hydrogens (tertiary/aromatic N) is 1. The summed E-state index contributed by atoms with van der Waals surface area (Å²) in [5, 5.41) is 7.08. The van der Waals surface area contributed by atoms with Gasteiger partial charge in [-0.15, -0.1) is 0 Å². The van der Waals surface area contributed by atoms with Crippen molar-refractivity contribution >= 4 is 44.1 Å². The molecule has 2 amide bonds. The molecule has 6 heteroatoms. The molecule has 0 unspecified atom stereocenters. The molecule has 27 heavy (non-hydrogen) atoms. The van der Waals surface area contributed by atoms with E-state index in [4.69, 9.17) is 0 Å². The van der Waals surface area contributed by atoms with Gasteiger partial charge in [-0.2, -0.15) is 0 Å². The first-order valence-corrected chi connectivity index (χ1v) is 9.61. The van der Waals surface area contributed by atoms with Gasteiger partial charge in [-0.05, 0) is 42.7 Å². The van der Waals surface area contributed by atoms with Crippen molar-refractivity contribution < 1.29 is 4.79 Å². The molecule has 0 fully saturated rings. The van der Waals surface area contributed by atoms with Gasteiger partial charge in [0.2, 0.25) is 0 Å². The summed E-state index contributed by atoms with van der Waals surface area (Å²) >= 11 is 3.42. The van der Waals surface area contributed by atoms with E-state index in [1.807, 2.05) is 43.3 Å². The molecule has 0 aliphatic rings. The van der Waals surface area contributed by atoms with Crippen LogP contribution in [0.1, 0.15) is 19.4 Å². The summed E-state index contributed by atoms with van der Waals surface area (Å²) in [6.45, 7) is 6.62. The van der Waals surface area contributed by atoms with Crippen LogP contribution >= 0.6 is 15.9 Å². The van der Waals surface area contributed by atoms with Crippen molar-refractivity contribution in [1.82, 2.24) is 4.57 Å². The molecule has 0 bridgehead atoms. The fourth-order valence-corrected chi connectivity index (χ4v) is 3.49. The number of carbonyl (C=O) groups is 1. The maximum Gasteiger partial charge on any atom is 0.323 e. The van der Waals surface area contributed by atoms with Gasteiger partial charge < -0.3 is 15.2 Å². The standard InChI is InChI=1S/C21H22BrN3O2/c1-13(2)11-25-12-19(16-6-4-5-7-17(16)20(25)26)24-21(27)23-18-9-8-15(22)10-14(18)3/h4-10,12-13H,11H2,1-3H3,(H2,23,24,27). The van der Waals surface area contributed by atoms with Gasteiger partial charge in [0.05, 0.1) is 5.69 Å². The second-order valence-electron chi connectivity index (χ2n) is 6.98. The largest absolute Gasteiger partial charge is 0.323 e. The highest BCUT2D eigenvalue weighted by Gasteiger charge is 2.12. The smallest absolute Gasteiger partial charge is 0.313 e. The van der Waals surface area contributed by atoms with Crippen molar-refractivity contribution in [1.29, 1.82) is 0 Å². The number of aryl methyl sites for hydroxylation is 1. The van der Waals surface area contributed by atoms with Crippen LogP contribution < -0.4 is 16.2 Å². The average Bonchev–Trinajstić information content (AvgIpc) is 2.61. The molecule has 2 N–H and O–H groups in total. The van der Waals surface area contributed by atoms with E-state index in [1.54, 1.807) is 16.8 Å². The quantitative estimate of drug-likeness (QED) is 0.587. The number of amides is 2. The van der Waals surface area contributed by atoms with Gasteiger partial charge >= 0.3 is 6.03 Å². The van der Waals surface area contributed by atoms with Crippen LogP contribution in [0.4, 0.5) is 16.2 Å². The van der Waals surface area contributed by atoms with Gasteiger partial charge in [0.25, 0.3) is 5.56 Å². The zero-order chi connectivity index (χ0) is 19.6. The number of aromatic nitrogens is 1. The van der Waals surface area contributed by atoms with Gasteiger partial charge in [-0.3, -0.25) is 4.79 Å². The van der Waals surface area contributed by atoms with Crippen LogP contribution in [-0.4, -0.2) is 10.6 Å². The van der Waals surface area contributed by atoms with E-state index in [2.05, 4.69) is 40.4 Å². The molecule has 0 radical (unpaired) electrons. The molecule has 0 aliphatic heterocycles. The lowest BCUT2D eigenvalue weighted by Gasteiger charge is -2.15. The summed E-state index contributed by atoms with van der Waals surface area (Å²) in [4.78, 5) is 25.3. The predicted octanol–water partition coefficient (Wildman–Crippen LogP) is 5.37. The molecule has 0 aliphatic carbocycles. The number of fused-ring (bicyclic) bond motifs is 1. The molecule has 5 nitrogen and oxygen atoms in total. The number of hydrogen-bond acceptors (Lipinski definition) is 2. The Morgan fingerprint density at radius 2 is 1.74 bits per heavy atom. The number of rotatable bonds is 4. The van der Waals surface area contributed by atoms with Crippen molar-refractivity contribution in [3.8, 4) is 0 Å². The molecule has 3 rings (SSSR count). The van der Waals surface area contributed by atoms with Crippen LogP contribution in [0, 0.1) is 12.8 Å². The van der Waals surface area contributed by atoms with Crippen molar-refractivity contribution in [2.45, 2.75) is 27.3 Å². The fraction of sp³-hybridized carbons (Fsp3) is 0.238. The van der Waals surface area contributed by atoms with Crippen LogP contribution in [0.25, 0.3) is 10.8 Å². The van der Waals surface area contributed by atoms with Crippen LogP contribution in [0.3, 0.4) is 0 Å². The maximum absolute atomic E-state index is 12.7. The molecule has 1 aromatic heterocycles. The maximum atomic E-state index is 12.7. The normalized spacial score (nSPS) is 11.0. The van der Waals surface area contributed by atoms with E-state index in [-0.39, 0.29) is 11.6 Å². The molecule has 0 spiro atoms. The molecule has 0 atom stereocenters. The SMILES string of the molecule is Cc1cc(Br)ccc1NC(=O)Nc1cn(CC(C)C)c(=O)c2ccccc12. The summed E-state index contributed by atoms with van der Waals surface area (Å²) in [6.07, 6.45) is 1.72. The van der Waals surface area contributed by atoms with E-state index >= 15 is 0 Å². The molecule has 140 valence electrons. The van der Waals surface area contributed by atoms with E-state index in [0.29, 0.717) is 23.5 Å². The second-order valence-corrected chi connectivity index (χ2v) is 7.89. The number of urea groups is 1. The summed E-state index contributed by atoms with van der Waals surface area (Å²) in [7, 11) is 0. The number of hydrogen-bond donors (Lipinski definition) is 2. The molecule has 2 aromatic carbocycles. The first kappa shape index (κ1) is 19.2. The fourth-order valence-electron chi connectivity index (χ4n) is 3.02. The molecule has 0 saturated carbocycles. The first-order valence-electron chi connectivity index (χ1n) is 8.81. The van der Waals surface area contributed by atoms with Crippen molar-refractivity contribution in [2.24, 2.45) is 5.92 Å². The second kappa shape index (κ2) is 7.96. The molecular formula is C21H22BrN3O2. The van der Waals surface area contributed by atoms with E-state index in [1.165, 1.54) is 0 Å². The van der Waals surface area contributed by atoms with Gasteiger partial charge in [0.1, 0.15) is 0 Å². The van der Waals surface area contributed by atoms with Gasteiger partial charge in [-0.1, -0.05) is 48.0 Å². The summed E-state index contributed by atoms with van der Waals surface area (Å²) < 4.78 is 2.62. The number of halogens is 1. The Balaban J connectivity index is 1.94. The van der Waals surface area contributed by atoms with Crippen LogP contribution in [0.2, 0.25) is 0 Å². The third-order valence-corrected chi connectivity index (χ3v) is 4.73. The lowest BCUT2D eigenvalue weighted by Crippen LogP contribution is -2.25.